The summed E-state index contributed by atoms with van der Waals surface area (Å²) >= 11 is 4.23. The molecule has 2 unspecified atom stereocenters. The highest BCUT2D eigenvalue weighted by Gasteiger charge is 2.22. The van der Waals surface area contributed by atoms with Crippen LogP contribution in [0.2, 0.25) is 0 Å². The molecule has 0 bridgehead atoms. The Balaban J connectivity index is 2.01. The van der Waals surface area contributed by atoms with Crippen LogP contribution in [-0.2, 0) is 6.42 Å². The number of nitrogens with one attached hydrogen (secondary N) is 1. The fraction of sp³-hybridized carbons (Fsp3) is 0.636. The quantitative estimate of drug-likeness (QED) is 0.722. The predicted octanol–water partition coefficient (Wildman–Crippen LogP) is 1.67. The Morgan fingerprint density at radius 3 is 3.19 bits per heavy atom. The van der Waals surface area contributed by atoms with Crippen LogP contribution in [0.4, 0.5) is 0 Å². The van der Waals surface area contributed by atoms with E-state index in [1.54, 1.807) is 0 Å². The van der Waals surface area contributed by atoms with Gasteiger partial charge < -0.3 is 15.5 Å². The van der Waals surface area contributed by atoms with Crippen molar-refractivity contribution in [1.82, 2.24) is 5.32 Å². The molecular formula is C11H16INO2S. The van der Waals surface area contributed by atoms with E-state index in [0.717, 1.165) is 6.42 Å². The maximum atomic E-state index is 9.33. The lowest BCUT2D eigenvalue weighted by Gasteiger charge is -2.24. The summed E-state index contributed by atoms with van der Waals surface area (Å²) in [5.74, 6) is 0. The highest BCUT2D eigenvalue weighted by atomic mass is 127. The Morgan fingerprint density at radius 2 is 2.44 bits per heavy atom. The number of rotatable bonds is 4. The first-order valence-electron chi connectivity index (χ1n) is 5.51. The second kappa shape index (κ2) is 5.77. The molecule has 5 heteroatoms. The zero-order valence-corrected chi connectivity index (χ0v) is 11.9. The molecule has 3 N–H and O–H groups in total. The van der Waals surface area contributed by atoms with Gasteiger partial charge in [0.05, 0.1) is 15.6 Å². The van der Waals surface area contributed by atoms with Gasteiger partial charge in [-0.3, -0.25) is 0 Å². The molecule has 1 aromatic heterocycles. The number of fused-ring (bicyclic) bond motifs is 1. The molecule has 1 aliphatic carbocycles. The topological polar surface area (TPSA) is 52.5 Å². The lowest BCUT2D eigenvalue weighted by Crippen LogP contribution is -2.33. The van der Waals surface area contributed by atoms with Gasteiger partial charge in [-0.25, -0.2) is 0 Å². The summed E-state index contributed by atoms with van der Waals surface area (Å²) in [4.78, 5) is 1.48. The predicted molar refractivity (Wildman–Crippen MR) is 73.8 cm³/mol. The van der Waals surface area contributed by atoms with Crippen LogP contribution >= 0.6 is 33.9 Å². The molecule has 16 heavy (non-hydrogen) atoms. The number of thiophene rings is 1. The maximum absolute atomic E-state index is 9.33. The molecule has 0 radical (unpaired) electrons. The van der Waals surface area contributed by atoms with E-state index in [4.69, 9.17) is 5.11 Å². The first kappa shape index (κ1) is 12.8. The molecule has 1 aliphatic rings. The summed E-state index contributed by atoms with van der Waals surface area (Å²) in [6.07, 6.45) is 2.86. The molecule has 0 spiro atoms. The van der Waals surface area contributed by atoms with Crippen molar-refractivity contribution in [2.24, 2.45) is 0 Å². The van der Waals surface area contributed by atoms with Crippen molar-refractivity contribution >= 4 is 33.9 Å². The molecule has 0 saturated heterocycles. The number of halogens is 1. The molecule has 1 heterocycles. The third kappa shape index (κ3) is 2.95. The standard InChI is InChI=1S/C11H16INO2S/c12-11-4-8-9(13-5-7(15)6-14)2-1-3-10(8)16-11/h4,7,9,13-15H,1-3,5-6H2. The maximum Gasteiger partial charge on any atom is 0.0895 e. The van der Waals surface area contributed by atoms with Gasteiger partial charge in [-0.2, -0.15) is 0 Å². The summed E-state index contributed by atoms with van der Waals surface area (Å²) in [5, 5.41) is 21.4. The highest BCUT2D eigenvalue weighted by molar-refractivity contribution is 14.1. The van der Waals surface area contributed by atoms with E-state index in [9.17, 15) is 5.11 Å². The molecule has 0 saturated carbocycles. The molecule has 3 nitrogen and oxygen atoms in total. The first-order valence-corrected chi connectivity index (χ1v) is 7.40. The number of aryl methyl sites for hydroxylation is 1. The zero-order valence-electron chi connectivity index (χ0n) is 8.95. The Labute approximate surface area is 113 Å². The van der Waals surface area contributed by atoms with Gasteiger partial charge in [-0.05, 0) is 53.5 Å². The average molecular weight is 353 g/mol. The van der Waals surface area contributed by atoms with Gasteiger partial charge in [-0.15, -0.1) is 11.3 Å². The molecule has 0 aliphatic heterocycles. The second-order valence-corrected chi connectivity index (χ2v) is 7.15. The minimum Gasteiger partial charge on any atom is -0.394 e. The Morgan fingerprint density at radius 1 is 1.62 bits per heavy atom. The van der Waals surface area contributed by atoms with Crippen molar-refractivity contribution in [2.75, 3.05) is 13.2 Å². The van der Waals surface area contributed by atoms with E-state index in [1.807, 2.05) is 11.3 Å². The van der Waals surface area contributed by atoms with Gasteiger partial charge in [0.15, 0.2) is 0 Å². The number of hydrogen-bond acceptors (Lipinski definition) is 4. The Hall–Kier alpha value is 0.310. The fourth-order valence-corrected chi connectivity index (χ4v) is 4.20. The molecule has 2 atom stereocenters. The molecule has 2 rings (SSSR count). The third-order valence-electron chi connectivity index (χ3n) is 2.89. The lowest BCUT2D eigenvalue weighted by molar-refractivity contribution is 0.0912. The Bertz CT molecular complexity index is 356. The Kier molecular flexibility index (Phi) is 4.60. The number of aliphatic hydroxyl groups excluding tert-OH is 2. The van der Waals surface area contributed by atoms with Gasteiger partial charge in [0.25, 0.3) is 0 Å². The molecule has 0 amide bonds. The highest BCUT2D eigenvalue weighted by Crippen LogP contribution is 2.36. The first-order chi connectivity index (χ1) is 7.70. The lowest BCUT2D eigenvalue weighted by atomic mass is 9.94. The summed E-state index contributed by atoms with van der Waals surface area (Å²) in [7, 11) is 0. The van der Waals surface area contributed by atoms with E-state index < -0.39 is 6.10 Å². The second-order valence-electron chi connectivity index (χ2n) is 4.12. The van der Waals surface area contributed by atoms with Crippen molar-refractivity contribution in [3.05, 3.63) is 19.4 Å². The van der Waals surface area contributed by atoms with Crippen LogP contribution in [0.3, 0.4) is 0 Å². The van der Waals surface area contributed by atoms with E-state index in [0.29, 0.717) is 12.6 Å². The van der Waals surface area contributed by atoms with Crippen LogP contribution in [0.5, 0.6) is 0 Å². The van der Waals surface area contributed by atoms with Crippen LogP contribution in [0.25, 0.3) is 0 Å². The van der Waals surface area contributed by atoms with Crippen molar-refractivity contribution in [2.45, 2.75) is 31.4 Å². The normalized spacial score (nSPS) is 21.8. The molecule has 1 aromatic rings. The van der Waals surface area contributed by atoms with E-state index in [1.165, 1.54) is 26.2 Å². The summed E-state index contributed by atoms with van der Waals surface area (Å²) in [6, 6.07) is 2.59. The fourth-order valence-electron chi connectivity index (χ4n) is 2.08. The van der Waals surface area contributed by atoms with Crippen molar-refractivity contribution < 1.29 is 10.2 Å². The van der Waals surface area contributed by atoms with Crippen molar-refractivity contribution in [3.63, 3.8) is 0 Å². The molecular weight excluding hydrogens is 337 g/mol. The van der Waals surface area contributed by atoms with Crippen LogP contribution < -0.4 is 5.32 Å². The van der Waals surface area contributed by atoms with Gasteiger partial charge in [0.2, 0.25) is 0 Å². The largest absolute Gasteiger partial charge is 0.394 e. The van der Waals surface area contributed by atoms with Crippen LogP contribution in [0, 0.1) is 2.88 Å². The molecule has 0 aromatic carbocycles. The summed E-state index contributed by atoms with van der Waals surface area (Å²) in [6.45, 7) is 0.292. The monoisotopic (exact) mass is 353 g/mol. The summed E-state index contributed by atoms with van der Waals surface area (Å²) < 4.78 is 1.33. The average Bonchev–Trinajstić information content (AvgIpc) is 2.66. The van der Waals surface area contributed by atoms with Crippen LogP contribution in [0.1, 0.15) is 29.3 Å². The molecule has 0 fully saturated rings. The van der Waals surface area contributed by atoms with Crippen molar-refractivity contribution in [3.8, 4) is 0 Å². The number of aliphatic hydroxyl groups is 2. The van der Waals surface area contributed by atoms with Crippen LogP contribution in [-0.4, -0.2) is 29.5 Å². The number of hydrogen-bond donors (Lipinski definition) is 3. The van der Waals surface area contributed by atoms with Crippen molar-refractivity contribution in [1.29, 1.82) is 0 Å². The minimum atomic E-state index is -0.650. The third-order valence-corrected chi connectivity index (χ3v) is 4.87. The van der Waals surface area contributed by atoms with Gasteiger partial charge in [0, 0.05) is 17.5 Å². The van der Waals surface area contributed by atoms with Gasteiger partial charge in [-0.1, -0.05) is 0 Å². The summed E-state index contributed by atoms with van der Waals surface area (Å²) in [5.41, 5.74) is 1.39. The smallest absolute Gasteiger partial charge is 0.0895 e. The van der Waals surface area contributed by atoms with Gasteiger partial charge in [0.1, 0.15) is 0 Å². The molecule has 90 valence electrons. The van der Waals surface area contributed by atoms with E-state index in [2.05, 4.69) is 34.0 Å². The zero-order chi connectivity index (χ0) is 11.5. The van der Waals surface area contributed by atoms with Crippen LogP contribution in [0.15, 0.2) is 6.07 Å². The minimum absolute atomic E-state index is 0.173. The SMILES string of the molecule is OCC(O)CNC1CCCc2sc(I)cc21. The van der Waals surface area contributed by atoms with Gasteiger partial charge >= 0.3 is 0 Å². The van der Waals surface area contributed by atoms with E-state index >= 15 is 0 Å². The van der Waals surface area contributed by atoms with E-state index in [-0.39, 0.29) is 6.61 Å².